The van der Waals surface area contributed by atoms with Crippen molar-refractivity contribution in [1.82, 2.24) is 4.98 Å². The van der Waals surface area contributed by atoms with Crippen LogP contribution in [0.5, 0.6) is 5.75 Å². The van der Waals surface area contributed by atoms with Gasteiger partial charge in [0.1, 0.15) is 11.9 Å². The lowest BCUT2D eigenvalue weighted by atomic mass is 9.81. The Balaban J connectivity index is 1.58. The largest absolute Gasteiger partial charge is 0.490 e. The maximum Gasteiger partial charge on any atom is 0.337 e. The molecule has 5 rings (SSSR count). The zero-order chi connectivity index (χ0) is 30.2. The standard InChI is InChI=1S/C36H46N2O4/c1-23-30(27-14-16-29-26(22-27)13-15-28(41-29)21-25-11-9-8-10-12-25)32(38-19-17-36(6,7)18-20-38)31(24(2)37-23)33(34(39)40)42-35(3,4)5/h8-12,14,16,22,28,33H,13,15,17-21H2,1-7H3,(H,39,40)/t28?,33-/m0/s1. The molecule has 2 atom stereocenters. The molecule has 2 aliphatic rings. The lowest BCUT2D eigenvalue weighted by Gasteiger charge is -2.41. The molecule has 6 nitrogen and oxygen atoms in total. The van der Waals surface area contributed by atoms with Gasteiger partial charge >= 0.3 is 5.97 Å². The topological polar surface area (TPSA) is 71.9 Å². The second-order valence-corrected chi connectivity index (χ2v) is 13.8. The number of aromatic nitrogens is 1. The lowest BCUT2D eigenvalue weighted by Crippen LogP contribution is -2.39. The van der Waals surface area contributed by atoms with Crippen LogP contribution < -0.4 is 9.64 Å². The summed E-state index contributed by atoms with van der Waals surface area (Å²) in [5.41, 5.74) is 7.34. The van der Waals surface area contributed by atoms with E-state index >= 15 is 0 Å². The molecule has 6 heteroatoms. The average Bonchev–Trinajstić information content (AvgIpc) is 2.91. The van der Waals surface area contributed by atoms with E-state index < -0.39 is 17.7 Å². The Kier molecular flexibility index (Phi) is 8.39. The molecule has 1 N–H and O–H groups in total. The summed E-state index contributed by atoms with van der Waals surface area (Å²) in [4.78, 5) is 20.1. The lowest BCUT2D eigenvalue weighted by molar-refractivity contribution is -0.160. The molecule has 2 aromatic carbocycles. The van der Waals surface area contributed by atoms with E-state index in [-0.39, 0.29) is 11.5 Å². The van der Waals surface area contributed by atoms with E-state index in [0.29, 0.717) is 11.3 Å². The normalized spacial score (nSPS) is 19.1. The SMILES string of the molecule is Cc1nc(C)c([C@H](OC(C)(C)C)C(=O)O)c(N2CCC(C)(C)CC2)c1-c1ccc2c(c1)CCC(Cc1ccccc1)O2. The van der Waals surface area contributed by atoms with E-state index in [2.05, 4.69) is 61.2 Å². The van der Waals surface area contributed by atoms with Crippen LogP contribution in [-0.2, 0) is 22.4 Å². The molecule has 0 spiro atoms. The maximum absolute atomic E-state index is 12.8. The number of carboxylic acid groups (broad SMARTS) is 1. The van der Waals surface area contributed by atoms with Gasteiger partial charge in [0.15, 0.2) is 6.10 Å². The third-order valence-corrected chi connectivity index (χ3v) is 8.65. The van der Waals surface area contributed by atoms with Gasteiger partial charge in [-0.2, -0.15) is 0 Å². The predicted molar refractivity (Wildman–Crippen MR) is 168 cm³/mol. The third kappa shape index (κ3) is 6.64. The molecule has 0 radical (unpaired) electrons. The molecule has 2 aliphatic heterocycles. The molecule has 0 aliphatic carbocycles. The van der Waals surface area contributed by atoms with Gasteiger partial charge in [0, 0.05) is 42.0 Å². The minimum absolute atomic E-state index is 0.151. The number of carbonyl (C=O) groups is 1. The minimum atomic E-state index is -1.12. The van der Waals surface area contributed by atoms with Gasteiger partial charge in [-0.1, -0.05) is 50.2 Å². The fourth-order valence-corrected chi connectivity index (χ4v) is 6.38. The van der Waals surface area contributed by atoms with Crippen LogP contribution in [0.1, 0.15) is 88.1 Å². The molecule has 1 saturated heterocycles. The summed E-state index contributed by atoms with van der Waals surface area (Å²) in [6, 6.07) is 16.9. The molecule has 0 amide bonds. The van der Waals surface area contributed by atoms with Gasteiger partial charge in [0.2, 0.25) is 0 Å². The number of aryl methyl sites for hydroxylation is 3. The number of anilines is 1. The molecule has 0 bridgehead atoms. The smallest absolute Gasteiger partial charge is 0.337 e. The van der Waals surface area contributed by atoms with Gasteiger partial charge in [0.05, 0.1) is 11.3 Å². The van der Waals surface area contributed by atoms with Crippen LogP contribution in [0.15, 0.2) is 48.5 Å². The fraction of sp³-hybridized carbons (Fsp3) is 0.500. The average molecular weight is 571 g/mol. The number of ether oxygens (including phenoxy) is 2. The fourth-order valence-electron chi connectivity index (χ4n) is 6.38. The number of nitrogens with zero attached hydrogens (tertiary/aromatic N) is 2. The van der Waals surface area contributed by atoms with Crippen molar-refractivity contribution in [3.05, 3.63) is 76.6 Å². The molecule has 0 saturated carbocycles. The van der Waals surface area contributed by atoms with Crippen molar-refractivity contribution in [2.45, 2.75) is 98.4 Å². The summed E-state index contributed by atoms with van der Waals surface area (Å²) in [6.07, 6.45) is 3.88. The number of hydrogen-bond donors (Lipinski definition) is 1. The van der Waals surface area contributed by atoms with E-state index in [4.69, 9.17) is 14.5 Å². The van der Waals surface area contributed by atoms with E-state index in [0.717, 1.165) is 73.5 Å². The third-order valence-electron chi connectivity index (χ3n) is 8.65. The molecular weight excluding hydrogens is 524 g/mol. The van der Waals surface area contributed by atoms with Crippen LogP contribution in [0, 0.1) is 19.3 Å². The second kappa shape index (κ2) is 11.7. The predicted octanol–water partition coefficient (Wildman–Crippen LogP) is 7.87. The summed E-state index contributed by atoms with van der Waals surface area (Å²) in [6.45, 7) is 16.0. The highest BCUT2D eigenvalue weighted by molar-refractivity contribution is 5.88. The van der Waals surface area contributed by atoms with Gasteiger partial charge in [0.25, 0.3) is 0 Å². The van der Waals surface area contributed by atoms with Crippen molar-refractivity contribution in [2.75, 3.05) is 18.0 Å². The van der Waals surface area contributed by atoms with Gasteiger partial charge in [-0.25, -0.2) is 4.79 Å². The van der Waals surface area contributed by atoms with Crippen LogP contribution in [0.3, 0.4) is 0 Å². The zero-order valence-electron chi connectivity index (χ0n) is 26.3. The van der Waals surface area contributed by atoms with Gasteiger partial charge in [-0.3, -0.25) is 4.98 Å². The van der Waals surface area contributed by atoms with E-state index in [9.17, 15) is 9.90 Å². The zero-order valence-corrected chi connectivity index (χ0v) is 26.3. The van der Waals surface area contributed by atoms with E-state index in [1.807, 2.05) is 40.7 Å². The Morgan fingerprint density at radius 1 is 1.10 bits per heavy atom. The minimum Gasteiger partial charge on any atom is -0.490 e. The molecular formula is C36H46N2O4. The monoisotopic (exact) mass is 570 g/mol. The first-order valence-corrected chi connectivity index (χ1v) is 15.3. The Bertz CT molecular complexity index is 1430. The number of hydrogen-bond acceptors (Lipinski definition) is 5. The highest BCUT2D eigenvalue weighted by Gasteiger charge is 2.36. The number of aliphatic carboxylic acids is 1. The first kappa shape index (κ1) is 30.1. The first-order chi connectivity index (χ1) is 19.8. The second-order valence-electron chi connectivity index (χ2n) is 13.8. The highest BCUT2D eigenvalue weighted by atomic mass is 16.5. The van der Waals surface area contributed by atoms with Crippen molar-refractivity contribution < 1.29 is 19.4 Å². The highest BCUT2D eigenvalue weighted by Crippen LogP contribution is 2.46. The van der Waals surface area contributed by atoms with E-state index in [1.54, 1.807) is 0 Å². The number of fused-ring (bicyclic) bond motifs is 1. The number of carboxylic acids is 1. The van der Waals surface area contributed by atoms with Crippen LogP contribution in [0.2, 0.25) is 0 Å². The van der Waals surface area contributed by atoms with Crippen molar-refractivity contribution >= 4 is 11.7 Å². The molecule has 3 heterocycles. The van der Waals surface area contributed by atoms with Gasteiger partial charge in [-0.05, 0) is 94.5 Å². The van der Waals surface area contributed by atoms with Crippen LogP contribution in [-0.4, -0.2) is 40.9 Å². The van der Waals surface area contributed by atoms with Gasteiger partial charge in [-0.15, -0.1) is 0 Å². The van der Waals surface area contributed by atoms with Gasteiger partial charge < -0.3 is 19.5 Å². The van der Waals surface area contributed by atoms with Crippen molar-refractivity contribution in [2.24, 2.45) is 5.41 Å². The number of benzene rings is 2. The van der Waals surface area contributed by atoms with Crippen LogP contribution >= 0.6 is 0 Å². The summed E-state index contributed by atoms with van der Waals surface area (Å²) in [7, 11) is 0. The number of rotatable bonds is 7. The van der Waals surface area contributed by atoms with Crippen LogP contribution in [0.4, 0.5) is 5.69 Å². The Labute approximate surface area is 251 Å². The summed E-state index contributed by atoms with van der Waals surface area (Å²) in [5, 5.41) is 10.5. The molecule has 3 aromatic rings. The summed E-state index contributed by atoms with van der Waals surface area (Å²) >= 11 is 0. The molecule has 42 heavy (non-hydrogen) atoms. The molecule has 1 unspecified atom stereocenters. The van der Waals surface area contributed by atoms with Crippen molar-refractivity contribution in [3.8, 4) is 16.9 Å². The Morgan fingerprint density at radius 3 is 2.43 bits per heavy atom. The quantitative estimate of drug-likeness (QED) is 0.312. The number of piperidine rings is 1. The summed E-state index contributed by atoms with van der Waals surface area (Å²) in [5.74, 6) is -0.0591. The molecule has 1 aromatic heterocycles. The Morgan fingerprint density at radius 2 is 1.79 bits per heavy atom. The van der Waals surface area contributed by atoms with Crippen LogP contribution in [0.25, 0.3) is 11.1 Å². The first-order valence-electron chi connectivity index (χ1n) is 15.3. The van der Waals surface area contributed by atoms with E-state index in [1.165, 1.54) is 11.1 Å². The van der Waals surface area contributed by atoms with Crippen molar-refractivity contribution in [1.29, 1.82) is 0 Å². The summed E-state index contributed by atoms with van der Waals surface area (Å²) < 4.78 is 12.7. The van der Waals surface area contributed by atoms with Crippen molar-refractivity contribution in [3.63, 3.8) is 0 Å². The molecule has 1 fully saturated rings. The molecule has 224 valence electrons. The maximum atomic E-state index is 12.8. The number of pyridine rings is 1. The Hall–Kier alpha value is -3.38.